The van der Waals surface area contributed by atoms with Crippen LogP contribution in [0.5, 0.6) is 0 Å². The molecule has 5 nitrogen and oxygen atoms in total. The average molecular weight is 359 g/mol. The number of aliphatic hydroxyl groups excluding tert-OH is 1. The van der Waals surface area contributed by atoms with Gasteiger partial charge in [-0.05, 0) is 6.42 Å². The number of hydrogen-bond donors (Lipinski definition) is 2. The first kappa shape index (κ1) is 22.4. The molecule has 0 saturated heterocycles. The number of alkyl halides is 1. The maximum absolute atomic E-state index is 11.5. The molecule has 2 unspecified atom stereocenters. The first-order chi connectivity index (χ1) is 10.5. The molecule has 134 valence electrons. The third-order valence-corrected chi connectivity index (χ3v) is 4.70. The van der Waals surface area contributed by atoms with E-state index in [9.17, 15) is 9.46 Å². The van der Waals surface area contributed by atoms with Crippen molar-refractivity contribution < 1.29 is 23.6 Å². The molecular weight excluding hydrogens is 327 g/mol. The van der Waals surface area contributed by atoms with E-state index in [1.807, 2.05) is 0 Å². The van der Waals surface area contributed by atoms with Crippen molar-refractivity contribution in [3.05, 3.63) is 0 Å². The fraction of sp³-hybridized carbons (Fsp3) is 1.00. The first-order valence-electron chi connectivity index (χ1n) is 8.37. The van der Waals surface area contributed by atoms with Crippen LogP contribution in [0.1, 0.15) is 71.1 Å². The van der Waals surface area contributed by atoms with Gasteiger partial charge >= 0.3 is 7.82 Å². The zero-order chi connectivity index (χ0) is 16.7. The lowest BCUT2D eigenvalue weighted by Crippen LogP contribution is -2.16. The molecule has 0 aliphatic carbocycles. The monoisotopic (exact) mass is 358 g/mol. The quantitative estimate of drug-likeness (QED) is 0.239. The first-order valence-corrected chi connectivity index (χ1v) is 10.4. The van der Waals surface area contributed by atoms with Crippen LogP contribution < -0.4 is 0 Å². The van der Waals surface area contributed by atoms with E-state index in [0.717, 1.165) is 19.3 Å². The summed E-state index contributed by atoms with van der Waals surface area (Å²) in [6, 6.07) is 0. The van der Waals surface area contributed by atoms with Crippen molar-refractivity contribution in [2.24, 2.45) is 0 Å². The van der Waals surface area contributed by atoms with E-state index in [1.54, 1.807) is 0 Å². The fourth-order valence-corrected chi connectivity index (χ4v) is 2.92. The van der Waals surface area contributed by atoms with Gasteiger partial charge in [-0.15, -0.1) is 11.6 Å². The lowest BCUT2D eigenvalue weighted by Gasteiger charge is -2.13. The highest BCUT2D eigenvalue weighted by atomic mass is 35.5. The molecule has 2 N–H and O–H groups in total. The van der Waals surface area contributed by atoms with Gasteiger partial charge in [0.2, 0.25) is 0 Å². The summed E-state index contributed by atoms with van der Waals surface area (Å²) in [5.74, 6) is -0.0432. The minimum Gasteiger partial charge on any atom is -0.389 e. The number of unbranched alkanes of at least 4 members (excludes halogenated alkanes) is 9. The highest BCUT2D eigenvalue weighted by Gasteiger charge is 2.21. The highest BCUT2D eigenvalue weighted by molar-refractivity contribution is 7.47. The molecule has 0 heterocycles. The SMILES string of the molecule is CCCCCCCCCCCCOP(=O)(O)OCC(O)CCl. The molecule has 0 aromatic heterocycles. The van der Waals surface area contributed by atoms with Gasteiger partial charge < -0.3 is 10.00 Å². The predicted octanol–water partition coefficient (Wildman–Crippen LogP) is 4.64. The van der Waals surface area contributed by atoms with Crippen molar-refractivity contribution in [3.63, 3.8) is 0 Å². The van der Waals surface area contributed by atoms with Gasteiger partial charge in [0.05, 0.1) is 25.2 Å². The number of aliphatic hydroxyl groups is 1. The van der Waals surface area contributed by atoms with Crippen molar-refractivity contribution in [2.75, 3.05) is 19.1 Å². The Morgan fingerprint density at radius 3 is 1.95 bits per heavy atom. The Labute approximate surface area is 140 Å². The Kier molecular flexibility index (Phi) is 15.2. The molecule has 0 aliphatic rings. The maximum atomic E-state index is 11.5. The van der Waals surface area contributed by atoms with Gasteiger partial charge in [-0.2, -0.15) is 0 Å². The third kappa shape index (κ3) is 15.3. The summed E-state index contributed by atoms with van der Waals surface area (Å²) in [6.07, 6.45) is 11.0. The Morgan fingerprint density at radius 2 is 1.45 bits per heavy atom. The van der Waals surface area contributed by atoms with Gasteiger partial charge in [0, 0.05) is 0 Å². The molecule has 0 rings (SSSR count). The van der Waals surface area contributed by atoms with Gasteiger partial charge in [-0.25, -0.2) is 4.57 Å². The molecule has 0 radical (unpaired) electrons. The van der Waals surface area contributed by atoms with E-state index in [2.05, 4.69) is 11.4 Å². The second-order valence-corrected chi connectivity index (χ2v) is 7.35. The zero-order valence-electron chi connectivity index (χ0n) is 13.7. The summed E-state index contributed by atoms with van der Waals surface area (Å²) < 4.78 is 20.9. The molecule has 7 heteroatoms. The third-order valence-electron chi connectivity index (χ3n) is 3.36. The molecule has 0 aliphatic heterocycles. The summed E-state index contributed by atoms with van der Waals surface area (Å²) in [4.78, 5) is 9.36. The number of phosphoric ester groups is 1. The van der Waals surface area contributed by atoms with E-state index in [0.29, 0.717) is 0 Å². The maximum Gasteiger partial charge on any atom is 0.472 e. The van der Waals surface area contributed by atoms with E-state index < -0.39 is 13.9 Å². The van der Waals surface area contributed by atoms with Crippen molar-refractivity contribution in [2.45, 2.75) is 77.2 Å². The van der Waals surface area contributed by atoms with E-state index in [-0.39, 0.29) is 19.1 Å². The van der Waals surface area contributed by atoms with Gasteiger partial charge in [0.25, 0.3) is 0 Å². The van der Waals surface area contributed by atoms with Gasteiger partial charge in [-0.1, -0.05) is 64.7 Å². The van der Waals surface area contributed by atoms with E-state index in [1.165, 1.54) is 44.9 Å². The summed E-state index contributed by atoms with van der Waals surface area (Å²) in [6.45, 7) is 2.12. The van der Waals surface area contributed by atoms with Crippen molar-refractivity contribution in [1.82, 2.24) is 0 Å². The van der Waals surface area contributed by atoms with Crippen LogP contribution in [0.4, 0.5) is 0 Å². The van der Waals surface area contributed by atoms with E-state index >= 15 is 0 Å². The smallest absolute Gasteiger partial charge is 0.389 e. The van der Waals surface area contributed by atoms with Crippen LogP contribution in [0, 0.1) is 0 Å². The zero-order valence-corrected chi connectivity index (χ0v) is 15.4. The summed E-state index contributed by atoms with van der Waals surface area (Å²) >= 11 is 5.36. The van der Waals surface area contributed by atoms with Crippen molar-refractivity contribution in [1.29, 1.82) is 0 Å². The van der Waals surface area contributed by atoms with E-state index in [4.69, 9.17) is 21.2 Å². The summed E-state index contributed by atoms with van der Waals surface area (Å²) in [5, 5.41) is 9.14. The summed E-state index contributed by atoms with van der Waals surface area (Å²) in [7, 11) is -4.06. The van der Waals surface area contributed by atoms with Crippen molar-refractivity contribution >= 4 is 19.4 Å². The molecule has 0 aromatic rings. The lowest BCUT2D eigenvalue weighted by molar-refractivity contribution is 0.0840. The number of rotatable bonds is 16. The Hall–Kier alpha value is 0.360. The molecule has 22 heavy (non-hydrogen) atoms. The molecule has 0 fully saturated rings. The minimum atomic E-state index is -4.06. The number of halogens is 1. The molecule has 0 saturated carbocycles. The van der Waals surface area contributed by atoms with Crippen molar-refractivity contribution in [3.8, 4) is 0 Å². The lowest BCUT2D eigenvalue weighted by atomic mass is 10.1. The molecule has 0 aromatic carbocycles. The number of phosphoric acid groups is 1. The molecule has 0 bridgehead atoms. The van der Waals surface area contributed by atoms with Crippen LogP contribution in [0.2, 0.25) is 0 Å². The normalized spacial score (nSPS) is 15.6. The van der Waals surface area contributed by atoms with Gasteiger partial charge in [0.15, 0.2) is 0 Å². The van der Waals surface area contributed by atoms with Crippen LogP contribution in [-0.2, 0) is 13.6 Å². The van der Waals surface area contributed by atoms with Crippen LogP contribution in [0.25, 0.3) is 0 Å². The van der Waals surface area contributed by atoms with Crippen LogP contribution in [0.15, 0.2) is 0 Å². The second kappa shape index (κ2) is 14.9. The highest BCUT2D eigenvalue weighted by Crippen LogP contribution is 2.43. The average Bonchev–Trinajstić information content (AvgIpc) is 2.50. The molecule has 0 amide bonds. The summed E-state index contributed by atoms with van der Waals surface area (Å²) in [5.41, 5.74) is 0. The van der Waals surface area contributed by atoms with Crippen LogP contribution >= 0.6 is 19.4 Å². The number of hydrogen-bond acceptors (Lipinski definition) is 4. The Bertz CT molecular complexity index is 291. The van der Waals surface area contributed by atoms with Crippen LogP contribution in [-0.4, -0.2) is 35.2 Å². The molecule has 0 spiro atoms. The largest absolute Gasteiger partial charge is 0.472 e. The molecular formula is C15H32ClO5P. The Balaban J connectivity index is 3.35. The van der Waals surface area contributed by atoms with Crippen LogP contribution in [0.3, 0.4) is 0 Å². The Morgan fingerprint density at radius 1 is 0.955 bits per heavy atom. The minimum absolute atomic E-state index is 0.0432. The fourth-order valence-electron chi connectivity index (χ4n) is 2.03. The van der Waals surface area contributed by atoms with Gasteiger partial charge in [-0.3, -0.25) is 9.05 Å². The topological polar surface area (TPSA) is 76.0 Å². The molecule has 2 atom stereocenters. The predicted molar refractivity (Wildman–Crippen MR) is 90.3 cm³/mol. The standard InChI is InChI=1S/C15H32ClO5P/c1-2-3-4-5-6-7-8-9-10-11-12-20-22(18,19)21-14-15(17)13-16/h15,17H,2-14H2,1H3,(H,18,19). The second-order valence-electron chi connectivity index (χ2n) is 5.59. The van der Waals surface area contributed by atoms with Gasteiger partial charge in [0.1, 0.15) is 0 Å².